The average molecular weight is 284 g/mol. The summed E-state index contributed by atoms with van der Waals surface area (Å²) in [5.74, 6) is -0.345. The SMILES string of the molecule is O=C(CCOCC(F)(F)F)Nc1cc(Cl)ncn1. The van der Waals surface area contributed by atoms with Gasteiger partial charge in [-0.05, 0) is 0 Å². The molecule has 1 amide bonds. The lowest BCUT2D eigenvalue weighted by Crippen LogP contribution is -2.20. The molecule has 0 aliphatic rings. The fourth-order valence-electron chi connectivity index (χ4n) is 0.960. The van der Waals surface area contributed by atoms with Crippen molar-refractivity contribution in [3.05, 3.63) is 17.5 Å². The molecule has 9 heteroatoms. The van der Waals surface area contributed by atoms with Crippen LogP contribution in [0.4, 0.5) is 19.0 Å². The van der Waals surface area contributed by atoms with Crippen molar-refractivity contribution in [3.8, 4) is 0 Å². The summed E-state index contributed by atoms with van der Waals surface area (Å²) in [5, 5.41) is 2.49. The Hall–Kier alpha value is -1.41. The van der Waals surface area contributed by atoms with Crippen LogP contribution in [0.2, 0.25) is 5.15 Å². The Balaban J connectivity index is 2.26. The van der Waals surface area contributed by atoms with Crippen LogP contribution >= 0.6 is 11.6 Å². The van der Waals surface area contributed by atoms with E-state index in [-0.39, 0.29) is 24.0 Å². The molecule has 18 heavy (non-hydrogen) atoms. The molecule has 5 nitrogen and oxygen atoms in total. The number of hydrogen-bond donors (Lipinski definition) is 1. The molecule has 1 aromatic heterocycles. The summed E-state index contributed by atoms with van der Waals surface area (Å²) in [7, 11) is 0. The van der Waals surface area contributed by atoms with Gasteiger partial charge >= 0.3 is 6.18 Å². The highest BCUT2D eigenvalue weighted by Crippen LogP contribution is 2.14. The minimum Gasteiger partial charge on any atom is -0.372 e. The minimum absolute atomic E-state index is 0.147. The van der Waals surface area contributed by atoms with E-state index in [1.807, 2.05) is 0 Å². The maximum atomic E-state index is 11.7. The van der Waals surface area contributed by atoms with Crippen molar-refractivity contribution in [3.63, 3.8) is 0 Å². The molecule has 1 heterocycles. The van der Waals surface area contributed by atoms with Crippen molar-refractivity contribution in [2.75, 3.05) is 18.5 Å². The first-order valence-electron chi connectivity index (χ1n) is 4.79. The molecule has 0 fully saturated rings. The highest BCUT2D eigenvalue weighted by molar-refractivity contribution is 6.29. The minimum atomic E-state index is -4.39. The summed E-state index contributed by atoms with van der Waals surface area (Å²) in [4.78, 5) is 18.6. The number of rotatable bonds is 5. The summed E-state index contributed by atoms with van der Waals surface area (Å²) in [5.41, 5.74) is 0. The van der Waals surface area contributed by atoms with Crippen molar-refractivity contribution in [1.29, 1.82) is 0 Å². The quantitative estimate of drug-likeness (QED) is 0.663. The topological polar surface area (TPSA) is 64.1 Å². The number of carbonyl (C=O) groups is 1. The van der Waals surface area contributed by atoms with Gasteiger partial charge in [0.25, 0.3) is 0 Å². The van der Waals surface area contributed by atoms with Gasteiger partial charge in [0, 0.05) is 6.07 Å². The van der Waals surface area contributed by atoms with E-state index < -0.39 is 18.7 Å². The van der Waals surface area contributed by atoms with Gasteiger partial charge in [-0.1, -0.05) is 11.6 Å². The predicted octanol–water partition coefficient (Wildman–Crippen LogP) is 2.04. The van der Waals surface area contributed by atoms with Crippen LogP contribution in [0.3, 0.4) is 0 Å². The molecule has 0 bridgehead atoms. The van der Waals surface area contributed by atoms with Gasteiger partial charge in [-0.15, -0.1) is 0 Å². The third-order valence-electron chi connectivity index (χ3n) is 1.64. The smallest absolute Gasteiger partial charge is 0.372 e. The van der Waals surface area contributed by atoms with Crippen LogP contribution in [-0.4, -0.2) is 35.3 Å². The van der Waals surface area contributed by atoms with Crippen LogP contribution in [0.5, 0.6) is 0 Å². The molecular formula is C9H9ClF3N3O2. The highest BCUT2D eigenvalue weighted by Gasteiger charge is 2.27. The number of nitrogens with one attached hydrogen (secondary N) is 1. The zero-order valence-corrected chi connectivity index (χ0v) is 9.75. The zero-order valence-electron chi connectivity index (χ0n) is 9.00. The summed E-state index contributed by atoms with van der Waals surface area (Å²) in [6, 6.07) is 1.32. The second-order valence-electron chi connectivity index (χ2n) is 3.19. The largest absolute Gasteiger partial charge is 0.411 e. The number of carbonyl (C=O) groups excluding carboxylic acids is 1. The van der Waals surface area contributed by atoms with Gasteiger partial charge < -0.3 is 10.1 Å². The summed E-state index contributed by atoms with van der Waals surface area (Å²) >= 11 is 5.55. The first-order valence-corrected chi connectivity index (χ1v) is 5.16. The number of amides is 1. The van der Waals surface area contributed by atoms with E-state index in [0.29, 0.717) is 0 Å². The monoisotopic (exact) mass is 283 g/mol. The number of halogens is 4. The van der Waals surface area contributed by atoms with Crippen LogP contribution < -0.4 is 5.32 Å². The van der Waals surface area contributed by atoms with Crippen LogP contribution in [-0.2, 0) is 9.53 Å². The second kappa shape index (κ2) is 6.50. The lowest BCUT2D eigenvalue weighted by molar-refractivity contribution is -0.174. The molecule has 1 rings (SSSR count). The predicted molar refractivity (Wildman–Crippen MR) is 57.2 cm³/mol. The molecular weight excluding hydrogens is 275 g/mol. The van der Waals surface area contributed by atoms with Gasteiger partial charge in [-0.25, -0.2) is 9.97 Å². The molecule has 0 aliphatic carbocycles. The van der Waals surface area contributed by atoms with Gasteiger partial charge in [-0.2, -0.15) is 13.2 Å². The summed E-state index contributed by atoms with van der Waals surface area (Å²) in [6.07, 6.45) is -3.45. The maximum absolute atomic E-state index is 11.7. The molecule has 0 saturated heterocycles. The van der Waals surface area contributed by atoms with Gasteiger partial charge in [0.2, 0.25) is 5.91 Å². The lowest BCUT2D eigenvalue weighted by Gasteiger charge is -2.07. The van der Waals surface area contributed by atoms with Gasteiger partial charge in [0.15, 0.2) is 0 Å². The molecule has 100 valence electrons. The van der Waals surface area contributed by atoms with E-state index in [4.69, 9.17) is 11.6 Å². The Labute approximate surface area is 105 Å². The Morgan fingerprint density at radius 1 is 1.44 bits per heavy atom. The van der Waals surface area contributed by atoms with Crippen LogP contribution in [0.25, 0.3) is 0 Å². The molecule has 0 unspecified atom stereocenters. The van der Waals surface area contributed by atoms with E-state index in [9.17, 15) is 18.0 Å². The number of alkyl halides is 3. The van der Waals surface area contributed by atoms with E-state index >= 15 is 0 Å². The number of hydrogen-bond acceptors (Lipinski definition) is 4. The Bertz CT molecular complexity index is 414. The molecule has 0 radical (unpaired) electrons. The fraction of sp³-hybridized carbons (Fsp3) is 0.444. The standard InChI is InChI=1S/C9H9ClF3N3O2/c10-6-3-7(15-5-14-6)16-8(17)1-2-18-4-9(11,12)13/h3,5H,1-2,4H2,(H,14,15,16,17). The summed E-state index contributed by atoms with van der Waals surface area (Å²) < 4.78 is 39.4. The third-order valence-corrected chi connectivity index (χ3v) is 1.85. The van der Waals surface area contributed by atoms with E-state index in [0.717, 1.165) is 6.33 Å². The third kappa shape index (κ3) is 6.36. The van der Waals surface area contributed by atoms with Crippen molar-refractivity contribution < 1.29 is 22.7 Å². The van der Waals surface area contributed by atoms with Crippen LogP contribution in [0.15, 0.2) is 12.4 Å². The number of aromatic nitrogens is 2. The molecule has 0 spiro atoms. The van der Waals surface area contributed by atoms with Crippen LogP contribution in [0.1, 0.15) is 6.42 Å². The number of ether oxygens (including phenoxy) is 1. The zero-order chi connectivity index (χ0) is 13.6. The number of anilines is 1. The molecule has 1 aromatic rings. The Kier molecular flexibility index (Phi) is 5.29. The van der Waals surface area contributed by atoms with Gasteiger partial charge in [0.1, 0.15) is 23.9 Å². The molecule has 1 N–H and O–H groups in total. The van der Waals surface area contributed by atoms with Crippen LogP contribution in [0, 0.1) is 0 Å². The highest BCUT2D eigenvalue weighted by atomic mass is 35.5. The van der Waals surface area contributed by atoms with Crippen molar-refractivity contribution >= 4 is 23.3 Å². The molecule has 0 aromatic carbocycles. The normalized spacial score (nSPS) is 11.3. The first kappa shape index (κ1) is 14.7. The number of nitrogens with zero attached hydrogens (tertiary/aromatic N) is 2. The average Bonchev–Trinajstić information content (AvgIpc) is 2.23. The van der Waals surface area contributed by atoms with Crippen molar-refractivity contribution in [1.82, 2.24) is 9.97 Å². The van der Waals surface area contributed by atoms with Crippen molar-refractivity contribution in [2.24, 2.45) is 0 Å². The molecule has 0 aliphatic heterocycles. The first-order chi connectivity index (χ1) is 8.37. The van der Waals surface area contributed by atoms with E-state index in [2.05, 4.69) is 20.0 Å². The van der Waals surface area contributed by atoms with Crippen molar-refractivity contribution in [2.45, 2.75) is 12.6 Å². The Morgan fingerprint density at radius 2 is 2.17 bits per heavy atom. The Morgan fingerprint density at radius 3 is 2.78 bits per heavy atom. The molecule has 0 atom stereocenters. The second-order valence-corrected chi connectivity index (χ2v) is 3.58. The molecule has 0 saturated carbocycles. The fourth-order valence-corrected chi connectivity index (χ4v) is 1.11. The van der Waals surface area contributed by atoms with Gasteiger partial charge in [-0.3, -0.25) is 4.79 Å². The summed E-state index contributed by atoms with van der Waals surface area (Å²) in [6.45, 7) is -1.70. The van der Waals surface area contributed by atoms with Gasteiger partial charge in [0.05, 0.1) is 13.0 Å². The van der Waals surface area contributed by atoms with E-state index in [1.54, 1.807) is 0 Å². The van der Waals surface area contributed by atoms with E-state index in [1.165, 1.54) is 6.07 Å². The lowest BCUT2D eigenvalue weighted by atomic mass is 10.4. The maximum Gasteiger partial charge on any atom is 0.411 e.